The van der Waals surface area contributed by atoms with Crippen molar-refractivity contribution in [2.24, 2.45) is 11.8 Å². The third-order valence-corrected chi connectivity index (χ3v) is 3.80. The molecule has 1 saturated carbocycles. The Morgan fingerprint density at radius 1 is 0.917 bits per heavy atom. The Morgan fingerprint density at radius 3 is 2.67 bits per heavy atom. The predicted octanol–water partition coefficient (Wildman–Crippen LogP) is 2.68. The number of hydrogen-bond donors (Lipinski definition) is 0. The Bertz CT molecular complexity index is 389. The summed E-state index contributed by atoms with van der Waals surface area (Å²) in [6.07, 6.45) is 4.84. The van der Waals surface area contributed by atoms with E-state index in [0.29, 0.717) is 0 Å². The molecule has 1 fully saturated rings. The van der Waals surface area contributed by atoms with Gasteiger partial charge in [-0.05, 0) is 28.9 Å². The lowest BCUT2D eigenvalue weighted by atomic mass is 9.98. The SMILES string of the molecule is C1=CC2C3c4ccccc4C1C23. The molecule has 1 aromatic rings. The minimum Gasteiger partial charge on any atom is -0.0838 e. The Morgan fingerprint density at radius 2 is 1.75 bits per heavy atom. The average molecular weight is 154 g/mol. The lowest BCUT2D eigenvalue weighted by molar-refractivity contribution is 0.751. The summed E-state index contributed by atoms with van der Waals surface area (Å²) in [5.41, 5.74) is 3.25. The minimum atomic E-state index is 0.788. The van der Waals surface area contributed by atoms with Gasteiger partial charge in [0, 0.05) is 5.92 Å². The highest BCUT2D eigenvalue weighted by molar-refractivity contribution is 5.53. The van der Waals surface area contributed by atoms with Crippen LogP contribution in [0.4, 0.5) is 0 Å². The van der Waals surface area contributed by atoms with E-state index in [9.17, 15) is 0 Å². The van der Waals surface area contributed by atoms with E-state index in [1.54, 1.807) is 11.1 Å². The zero-order valence-corrected chi connectivity index (χ0v) is 6.77. The predicted molar refractivity (Wildman–Crippen MR) is 48.0 cm³/mol. The highest BCUT2D eigenvalue weighted by atomic mass is 14.6. The van der Waals surface area contributed by atoms with Gasteiger partial charge in [0.1, 0.15) is 0 Å². The van der Waals surface area contributed by atoms with E-state index in [-0.39, 0.29) is 0 Å². The maximum atomic E-state index is 2.43. The third kappa shape index (κ3) is 0.416. The molecule has 0 N–H and O–H groups in total. The van der Waals surface area contributed by atoms with Crippen LogP contribution in [-0.4, -0.2) is 0 Å². The van der Waals surface area contributed by atoms with Gasteiger partial charge in [0.05, 0.1) is 0 Å². The van der Waals surface area contributed by atoms with Crippen molar-refractivity contribution in [1.29, 1.82) is 0 Å². The van der Waals surface area contributed by atoms with Gasteiger partial charge in [0.25, 0.3) is 0 Å². The molecule has 0 aromatic heterocycles. The molecule has 0 radical (unpaired) electrons. The topological polar surface area (TPSA) is 0 Å². The molecule has 0 amide bonds. The van der Waals surface area contributed by atoms with Crippen molar-refractivity contribution in [1.82, 2.24) is 0 Å². The zero-order valence-electron chi connectivity index (χ0n) is 6.77. The van der Waals surface area contributed by atoms with Crippen molar-refractivity contribution in [3.63, 3.8) is 0 Å². The molecule has 4 atom stereocenters. The van der Waals surface area contributed by atoms with Gasteiger partial charge < -0.3 is 0 Å². The van der Waals surface area contributed by atoms with Gasteiger partial charge in [-0.15, -0.1) is 0 Å². The normalized spacial score (nSPS) is 44.3. The summed E-state index contributed by atoms with van der Waals surface area (Å²) >= 11 is 0. The molecule has 0 spiro atoms. The molecular weight excluding hydrogens is 144 g/mol. The zero-order chi connectivity index (χ0) is 7.71. The van der Waals surface area contributed by atoms with E-state index in [1.165, 1.54) is 0 Å². The summed E-state index contributed by atoms with van der Waals surface area (Å²) < 4.78 is 0. The van der Waals surface area contributed by atoms with Crippen LogP contribution in [0.25, 0.3) is 0 Å². The first-order chi connectivity index (χ1) is 5.97. The lowest BCUT2D eigenvalue weighted by Crippen LogP contribution is -1.92. The quantitative estimate of drug-likeness (QED) is 0.504. The molecule has 4 rings (SSSR count). The summed E-state index contributed by atoms with van der Waals surface area (Å²) in [6, 6.07) is 8.97. The molecule has 58 valence electrons. The van der Waals surface area contributed by atoms with Crippen molar-refractivity contribution in [3.8, 4) is 0 Å². The Hall–Kier alpha value is -1.04. The largest absolute Gasteiger partial charge is 0.0838 e. The molecule has 0 heterocycles. The van der Waals surface area contributed by atoms with Crippen LogP contribution in [0.1, 0.15) is 23.0 Å². The van der Waals surface area contributed by atoms with Gasteiger partial charge in [-0.25, -0.2) is 0 Å². The van der Waals surface area contributed by atoms with Gasteiger partial charge in [0.2, 0.25) is 0 Å². The van der Waals surface area contributed by atoms with Crippen LogP contribution >= 0.6 is 0 Å². The maximum Gasteiger partial charge on any atom is 0.00611 e. The summed E-state index contributed by atoms with van der Waals surface area (Å²) in [5, 5.41) is 0. The number of rotatable bonds is 0. The molecule has 3 aliphatic rings. The lowest BCUT2D eigenvalue weighted by Gasteiger charge is -2.06. The van der Waals surface area contributed by atoms with E-state index >= 15 is 0 Å². The summed E-state index contributed by atoms with van der Waals surface area (Å²) in [6.45, 7) is 0. The average Bonchev–Trinajstić information content (AvgIpc) is 2.57. The highest BCUT2D eigenvalue weighted by Crippen LogP contribution is 2.71. The number of benzene rings is 1. The molecule has 1 aromatic carbocycles. The number of fused-ring (bicyclic) bond motifs is 4. The fraction of sp³-hybridized carbons (Fsp3) is 0.333. The number of allylic oxidation sites excluding steroid dienone is 2. The van der Waals surface area contributed by atoms with Crippen LogP contribution in [0.15, 0.2) is 36.4 Å². The van der Waals surface area contributed by atoms with Crippen LogP contribution in [0.3, 0.4) is 0 Å². The third-order valence-electron chi connectivity index (χ3n) is 3.80. The minimum absolute atomic E-state index is 0.788. The standard InChI is InChI=1S/C12H10/c1-2-4-8-7(3-1)9-5-6-10-11(8)12(9)10/h1-6,9-12H. The Kier molecular flexibility index (Phi) is 0.705. The second-order valence-corrected chi connectivity index (χ2v) is 4.22. The van der Waals surface area contributed by atoms with Crippen LogP contribution in [0.2, 0.25) is 0 Å². The van der Waals surface area contributed by atoms with E-state index in [4.69, 9.17) is 0 Å². The fourth-order valence-corrected chi connectivity index (χ4v) is 3.29. The van der Waals surface area contributed by atoms with Gasteiger partial charge in [-0.1, -0.05) is 36.4 Å². The van der Waals surface area contributed by atoms with Crippen molar-refractivity contribution >= 4 is 0 Å². The van der Waals surface area contributed by atoms with E-state index in [2.05, 4.69) is 36.4 Å². The van der Waals surface area contributed by atoms with Crippen molar-refractivity contribution < 1.29 is 0 Å². The highest BCUT2D eigenvalue weighted by Gasteiger charge is 2.61. The van der Waals surface area contributed by atoms with Crippen LogP contribution < -0.4 is 0 Å². The molecular formula is C12H10. The molecule has 4 unspecified atom stereocenters. The first-order valence-electron chi connectivity index (χ1n) is 4.74. The van der Waals surface area contributed by atoms with Gasteiger partial charge in [-0.2, -0.15) is 0 Å². The van der Waals surface area contributed by atoms with Crippen LogP contribution in [-0.2, 0) is 0 Å². The molecule has 0 heteroatoms. The number of hydrogen-bond acceptors (Lipinski definition) is 0. The smallest absolute Gasteiger partial charge is 0.00611 e. The van der Waals surface area contributed by atoms with Crippen molar-refractivity contribution in [2.75, 3.05) is 0 Å². The molecule has 0 nitrogen and oxygen atoms in total. The fourth-order valence-electron chi connectivity index (χ4n) is 3.29. The van der Waals surface area contributed by atoms with Crippen LogP contribution in [0, 0.1) is 11.8 Å². The molecule has 0 bridgehead atoms. The maximum absolute atomic E-state index is 2.43. The molecule has 0 saturated heterocycles. The van der Waals surface area contributed by atoms with Crippen molar-refractivity contribution in [2.45, 2.75) is 11.8 Å². The van der Waals surface area contributed by atoms with Gasteiger partial charge >= 0.3 is 0 Å². The summed E-state index contributed by atoms with van der Waals surface area (Å²) in [5.74, 6) is 3.60. The monoisotopic (exact) mass is 154 g/mol. The van der Waals surface area contributed by atoms with Gasteiger partial charge in [-0.3, -0.25) is 0 Å². The Labute approximate surface area is 71.9 Å². The second-order valence-electron chi connectivity index (χ2n) is 4.22. The first-order valence-corrected chi connectivity index (χ1v) is 4.74. The van der Waals surface area contributed by atoms with Gasteiger partial charge in [0.15, 0.2) is 0 Å². The van der Waals surface area contributed by atoms with Crippen molar-refractivity contribution in [3.05, 3.63) is 47.5 Å². The second kappa shape index (κ2) is 1.52. The van der Waals surface area contributed by atoms with E-state index in [1.807, 2.05) is 0 Å². The van der Waals surface area contributed by atoms with E-state index in [0.717, 1.165) is 23.7 Å². The molecule has 12 heavy (non-hydrogen) atoms. The van der Waals surface area contributed by atoms with E-state index < -0.39 is 0 Å². The summed E-state index contributed by atoms with van der Waals surface area (Å²) in [7, 11) is 0. The molecule has 3 aliphatic carbocycles. The summed E-state index contributed by atoms with van der Waals surface area (Å²) in [4.78, 5) is 0. The van der Waals surface area contributed by atoms with Crippen LogP contribution in [0.5, 0.6) is 0 Å². The first kappa shape index (κ1) is 5.58. The molecule has 0 aliphatic heterocycles. The Balaban J connectivity index is 2.05.